The van der Waals surface area contributed by atoms with Gasteiger partial charge in [0.15, 0.2) is 6.29 Å². The summed E-state index contributed by atoms with van der Waals surface area (Å²) in [6, 6.07) is 26.4. The van der Waals surface area contributed by atoms with E-state index in [1.165, 1.54) is 0 Å². The maximum atomic E-state index is 10.5. The Morgan fingerprint density at radius 2 is 1.19 bits per heavy atom. The number of aliphatic hydroxyl groups is 1. The Hall–Kier alpha value is -2.71. The van der Waals surface area contributed by atoms with E-state index in [1.54, 1.807) is 18.2 Å². The van der Waals surface area contributed by atoms with Crippen molar-refractivity contribution in [1.82, 2.24) is 0 Å². The molecule has 0 aromatic heterocycles. The van der Waals surface area contributed by atoms with Crippen LogP contribution in [-0.4, -0.2) is 42.3 Å². The molecule has 0 aliphatic carbocycles. The van der Waals surface area contributed by atoms with E-state index in [4.69, 9.17) is 14.3 Å². The second-order valence-electron chi connectivity index (χ2n) is 7.19. The molecule has 0 radical (unpaired) electrons. The minimum absolute atomic E-state index is 0.0507. The third-order valence-corrected chi connectivity index (χ3v) is 5.02. The van der Waals surface area contributed by atoms with E-state index in [1.807, 2.05) is 66.7 Å². The van der Waals surface area contributed by atoms with Gasteiger partial charge >= 0.3 is 14.2 Å². The van der Waals surface area contributed by atoms with Crippen molar-refractivity contribution in [2.75, 3.05) is 6.61 Å². The average molecular weight is 416 g/mol. The summed E-state index contributed by atoms with van der Waals surface area (Å²) in [4.78, 5) is 10.3. The molecule has 4 rings (SSSR count). The average Bonchev–Trinajstić information content (AvgIpc) is 2.81. The topological polar surface area (TPSA) is 88.4 Å². The molecule has 6 nitrogen and oxygen atoms in total. The molecule has 0 amide bonds. The van der Waals surface area contributed by atoms with Gasteiger partial charge in [-0.25, -0.2) is 4.89 Å². The lowest BCUT2D eigenvalue weighted by atomic mass is 9.78. The minimum Gasteiger partial charge on any atom is -0.423 e. The maximum Gasteiger partial charge on any atom is 0.523 e. The third kappa shape index (κ3) is 5.32. The molecular weight excluding hydrogens is 394 g/mol. The van der Waals surface area contributed by atoms with Crippen LogP contribution in [0.25, 0.3) is 21.5 Å². The summed E-state index contributed by atoms with van der Waals surface area (Å²) in [7, 11) is -2.64. The van der Waals surface area contributed by atoms with E-state index < -0.39 is 20.5 Å². The van der Waals surface area contributed by atoms with Crippen LogP contribution in [0, 0.1) is 0 Å². The van der Waals surface area contributed by atoms with Crippen molar-refractivity contribution in [3.8, 4) is 0 Å². The Bertz CT molecular complexity index is 1150. The maximum absolute atomic E-state index is 10.5. The molecule has 0 fully saturated rings. The van der Waals surface area contributed by atoms with Crippen LogP contribution in [0.3, 0.4) is 0 Å². The van der Waals surface area contributed by atoms with Gasteiger partial charge in [0.2, 0.25) is 0 Å². The molecule has 3 N–H and O–H groups in total. The minimum atomic E-state index is -1.35. The molecule has 0 bridgehead atoms. The number of hydrogen-bond acceptors (Lipinski definition) is 6. The number of rotatable bonds is 9. The van der Waals surface area contributed by atoms with Crippen molar-refractivity contribution in [2.24, 2.45) is 0 Å². The highest BCUT2D eigenvalue weighted by atomic mass is 17.2. The van der Waals surface area contributed by atoms with Crippen molar-refractivity contribution >= 4 is 46.7 Å². The molecule has 0 aliphatic rings. The number of hydrogen-bond donors (Lipinski definition) is 3. The highest BCUT2D eigenvalue weighted by molar-refractivity contribution is 6.60. The molecule has 0 saturated carbocycles. The normalized spacial score (nSPS) is 12.2. The predicted octanol–water partition coefficient (Wildman–Crippen LogP) is 1.74. The smallest absolute Gasteiger partial charge is 0.423 e. The largest absolute Gasteiger partial charge is 0.523 e. The second-order valence-corrected chi connectivity index (χ2v) is 7.19. The highest BCUT2D eigenvalue weighted by Gasteiger charge is 2.26. The highest BCUT2D eigenvalue weighted by Crippen LogP contribution is 2.13. The van der Waals surface area contributed by atoms with Gasteiger partial charge in [-0.05, 0) is 32.5 Å². The van der Waals surface area contributed by atoms with E-state index in [0.29, 0.717) is 10.9 Å². The zero-order valence-corrected chi connectivity index (χ0v) is 16.8. The molecule has 0 aliphatic heterocycles. The zero-order chi connectivity index (χ0) is 21.6. The second kappa shape index (κ2) is 10.1. The fraction of sp³-hybridized carbons (Fsp3) is 0.130. The van der Waals surface area contributed by atoms with Gasteiger partial charge in [0.25, 0.3) is 0 Å². The Balaban J connectivity index is 1.40. The molecule has 0 heterocycles. The summed E-state index contributed by atoms with van der Waals surface area (Å²) in [6.07, 6.45) is -1.03. The Labute approximate surface area is 180 Å². The van der Waals surface area contributed by atoms with Crippen LogP contribution in [-0.2, 0) is 14.3 Å². The van der Waals surface area contributed by atoms with E-state index in [-0.39, 0.29) is 13.0 Å². The van der Waals surface area contributed by atoms with Gasteiger partial charge in [-0.15, -0.1) is 0 Å². The lowest BCUT2D eigenvalue weighted by Gasteiger charge is -2.20. The van der Waals surface area contributed by atoms with Gasteiger partial charge in [0.05, 0.1) is 0 Å². The lowest BCUT2D eigenvalue weighted by Crippen LogP contribution is -2.41. The fourth-order valence-electron chi connectivity index (χ4n) is 3.36. The van der Waals surface area contributed by atoms with Gasteiger partial charge < -0.3 is 19.8 Å². The van der Waals surface area contributed by atoms with Crippen LogP contribution >= 0.6 is 0 Å². The quantitative estimate of drug-likeness (QED) is 0.167. The van der Waals surface area contributed by atoms with E-state index in [2.05, 4.69) is 0 Å². The van der Waals surface area contributed by atoms with Crippen LogP contribution in [0.1, 0.15) is 6.42 Å². The lowest BCUT2D eigenvalue weighted by molar-refractivity contribution is -0.312. The van der Waals surface area contributed by atoms with E-state index in [9.17, 15) is 15.2 Å². The van der Waals surface area contributed by atoms with Gasteiger partial charge in [0.1, 0.15) is 0 Å². The fourth-order valence-corrected chi connectivity index (χ4v) is 3.36. The van der Waals surface area contributed by atoms with Crippen LogP contribution in [0.2, 0.25) is 0 Å². The van der Waals surface area contributed by atoms with Crippen molar-refractivity contribution in [3.63, 3.8) is 0 Å². The SMILES string of the molecule is OCCC(OOB(O)c1ccc2ccccc2c1)OB(O)c1ccc2ccccc2c1. The Morgan fingerprint density at radius 3 is 1.74 bits per heavy atom. The molecule has 8 heteroatoms. The van der Waals surface area contributed by atoms with Crippen LogP contribution < -0.4 is 10.9 Å². The third-order valence-electron chi connectivity index (χ3n) is 5.02. The molecule has 1 unspecified atom stereocenters. The first-order chi connectivity index (χ1) is 15.1. The molecule has 0 saturated heterocycles. The number of benzene rings is 4. The van der Waals surface area contributed by atoms with Crippen molar-refractivity contribution < 1.29 is 29.5 Å². The zero-order valence-electron chi connectivity index (χ0n) is 16.8. The summed E-state index contributed by atoms with van der Waals surface area (Å²) in [5, 5.41) is 34.1. The molecular formula is C23H22B2O6. The van der Waals surface area contributed by atoms with Crippen LogP contribution in [0.15, 0.2) is 84.9 Å². The Kier molecular flexibility index (Phi) is 6.99. The van der Waals surface area contributed by atoms with E-state index >= 15 is 0 Å². The van der Waals surface area contributed by atoms with Crippen molar-refractivity contribution in [1.29, 1.82) is 0 Å². The molecule has 156 valence electrons. The first-order valence-corrected chi connectivity index (χ1v) is 10.1. The van der Waals surface area contributed by atoms with Gasteiger partial charge in [-0.3, -0.25) is 4.81 Å². The molecule has 1 atom stereocenters. The summed E-state index contributed by atoms with van der Waals surface area (Å²) in [5.74, 6) is 0. The van der Waals surface area contributed by atoms with Gasteiger partial charge in [-0.1, -0.05) is 84.9 Å². The Morgan fingerprint density at radius 1 is 0.677 bits per heavy atom. The van der Waals surface area contributed by atoms with Crippen LogP contribution in [0.5, 0.6) is 0 Å². The summed E-state index contributed by atoms with van der Waals surface area (Å²) >= 11 is 0. The molecule has 0 spiro atoms. The molecule has 4 aromatic rings. The molecule has 31 heavy (non-hydrogen) atoms. The summed E-state index contributed by atoms with van der Waals surface area (Å²) in [6.45, 7) is -0.245. The predicted molar refractivity (Wildman–Crippen MR) is 122 cm³/mol. The first kappa shape index (κ1) is 21.5. The standard InChI is InChI=1S/C23H22B2O6/c26-14-13-23(29-24(27)21-11-9-17-5-1-3-7-19(17)15-21)30-31-25(28)22-12-10-18-6-2-4-8-20(18)16-22/h1-12,15-16,23,26-28H,13-14H2. The van der Waals surface area contributed by atoms with Crippen molar-refractivity contribution in [2.45, 2.75) is 12.7 Å². The van der Waals surface area contributed by atoms with Crippen LogP contribution in [0.4, 0.5) is 0 Å². The van der Waals surface area contributed by atoms with E-state index in [0.717, 1.165) is 21.5 Å². The van der Waals surface area contributed by atoms with Gasteiger partial charge in [-0.2, -0.15) is 0 Å². The monoisotopic (exact) mass is 416 g/mol. The number of fused-ring (bicyclic) bond motifs is 2. The molecule has 4 aromatic carbocycles. The first-order valence-electron chi connectivity index (χ1n) is 10.1. The van der Waals surface area contributed by atoms with Gasteiger partial charge in [0, 0.05) is 13.0 Å². The summed E-state index contributed by atoms with van der Waals surface area (Å²) in [5.41, 5.74) is 1.05. The summed E-state index contributed by atoms with van der Waals surface area (Å²) < 4.78 is 5.52. The number of aliphatic hydroxyl groups excluding tert-OH is 1. The van der Waals surface area contributed by atoms with Crippen molar-refractivity contribution in [3.05, 3.63) is 84.9 Å².